The lowest BCUT2D eigenvalue weighted by atomic mass is 9.96. The molecule has 1 unspecified atom stereocenters. The molecule has 1 aromatic carbocycles. The van der Waals surface area contributed by atoms with Crippen LogP contribution in [0.15, 0.2) is 36.7 Å². The van der Waals surface area contributed by atoms with Crippen molar-refractivity contribution >= 4 is 27.4 Å². The van der Waals surface area contributed by atoms with E-state index in [-0.39, 0.29) is 0 Å². The van der Waals surface area contributed by atoms with Crippen LogP contribution in [0.3, 0.4) is 0 Å². The molecule has 1 aliphatic carbocycles. The first-order chi connectivity index (χ1) is 12.8. The number of thiophene rings is 1. The van der Waals surface area contributed by atoms with Crippen LogP contribution in [0.1, 0.15) is 34.9 Å². The first-order valence-electron chi connectivity index (χ1n) is 9.56. The van der Waals surface area contributed by atoms with Gasteiger partial charge in [0.25, 0.3) is 0 Å². The third-order valence-corrected chi connectivity index (χ3v) is 6.97. The minimum Gasteiger partial charge on any atom is -0.346 e. The number of piperazine rings is 1. The maximum Gasteiger partial charge on any atom is 0.141 e. The van der Waals surface area contributed by atoms with Gasteiger partial charge in [0.2, 0.25) is 0 Å². The quantitative estimate of drug-likeness (QED) is 0.686. The largest absolute Gasteiger partial charge is 0.346 e. The van der Waals surface area contributed by atoms with Gasteiger partial charge in [-0.25, -0.2) is 9.97 Å². The molecule has 1 atom stereocenters. The van der Waals surface area contributed by atoms with Crippen LogP contribution in [-0.2, 0) is 12.8 Å². The number of rotatable bonds is 2. The van der Waals surface area contributed by atoms with Crippen LogP contribution in [0.4, 0.5) is 5.82 Å². The molecule has 0 N–H and O–H groups in total. The van der Waals surface area contributed by atoms with E-state index in [1.165, 1.54) is 47.0 Å². The Hall–Kier alpha value is -1.98. The summed E-state index contributed by atoms with van der Waals surface area (Å²) in [5, 5.41) is 1.33. The second-order valence-corrected chi connectivity index (χ2v) is 8.55. The van der Waals surface area contributed by atoms with Crippen molar-refractivity contribution in [3.8, 4) is 0 Å². The van der Waals surface area contributed by atoms with E-state index in [1.807, 2.05) is 11.3 Å². The monoisotopic (exact) mass is 364 g/mol. The van der Waals surface area contributed by atoms with E-state index in [0.29, 0.717) is 6.04 Å². The Morgan fingerprint density at radius 3 is 2.77 bits per heavy atom. The molecule has 5 rings (SSSR count). The van der Waals surface area contributed by atoms with Gasteiger partial charge in [-0.05, 0) is 43.9 Å². The molecule has 1 fully saturated rings. The molecule has 1 aliphatic heterocycles. The number of benzene rings is 1. The Labute approximate surface area is 158 Å². The van der Waals surface area contributed by atoms with Crippen LogP contribution in [-0.4, -0.2) is 41.5 Å². The Morgan fingerprint density at radius 1 is 1.04 bits per heavy atom. The summed E-state index contributed by atoms with van der Waals surface area (Å²) in [6.07, 6.45) is 6.75. The molecule has 2 aromatic heterocycles. The van der Waals surface area contributed by atoms with Crippen molar-refractivity contribution in [3.05, 3.63) is 52.7 Å². The minimum atomic E-state index is 0.340. The fourth-order valence-corrected chi connectivity index (χ4v) is 5.65. The lowest BCUT2D eigenvalue weighted by Crippen LogP contribution is -2.47. The summed E-state index contributed by atoms with van der Waals surface area (Å²) in [4.78, 5) is 17.1. The fourth-order valence-electron chi connectivity index (χ4n) is 4.42. The Kier molecular flexibility index (Phi) is 4.14. The van der Waals surface area contributed by atoms with Crippen molar-refractivity contribution in [1.29, 1.82) is 0 Å². The third-order valence-electron chi connectivity index (χ3n) is 5.77. The average molecular weight is 365 g/mol. The van der Waals surface area contributed by atoms with Crippen LogP contribution >= 0.6 is 11.3 Å². The third kappa shape index (κ3) is 2.70. The number of aryl methyl sites for hydroxylation is 2. The zero-order valence-corrected chi connectivity index (χ0v) is 16.0. The number of likely N-dealkylation sites (N-methyl/N-ethyl adjacent to an activating group) is 1. The Bertz CT molecular complexity index is 920. The number of hydrogen-bond donors (Lipinski definition) is 0. The van der Waals surface area contributed by atoms with E-state index in [9.17, 15) is 0 Å². The molecular formula is C21H24N4S. The van der Waals surface area contributed by atoms with Gasteiger partial charge in [0.05, 0.1) is 11.4 Å². The van der Waals surface area contributed by atoms with Gasteiger partial charge in [0, 0.05) is 24.5 Å². The van der Waals surface area contributed by atoms with Crippen molar-refractivity contribution in [2.75, 3.05) is 31.6 Å². The van der Waals surface area contributed by atoms with Crippen LogP contribution in [0, 0.1) is 0 Å². The van der Waals surface area contributed by atoms with Gasteiger partial charge in [-0.1, -0.05) is 30.3 Å². The summed E-state index contributed by atoms with van der Waals surface area (Å²) >= 11 is 1.89. The van der Waals surface area contributed by atoms with E-state index in [2.05, 4.69) is 52.2 Å². The molecule has 3 aromatic rings. The molecular weight excluding hydrogens is 340 g/mol. The standard InChI is InChI=1S/C21H24N4S/c1-24-11-12-25(17(13-24)15-7-3-2-4-8-15)20-19-16-9-5-6-10-18(16)26-21(19)23-14-22-20/h2-4,7-8,14,17H,5-6,9-13H2,1H3. The molecule has 0 radical (unpaired) electrons. The van der Waals surface area contributed by atoms with Crippen LogP contribution < -0.4 is 4.90 Å². The fraction of sp³-hybridized carbons (Fsp3) is 0.429. The summed E-state index contributed by atoms with van der Waals surface area (Å²) in [6.45, 7) is 3.11. The van der Waals surface area contributed by atoms with Gasteiger partial charge >= 0.3 is 0 Å². The topological polar surface area (TPSA) is 32.3 Å². The lowest BCUT2D eigenvalue weighted by Gasteiger charge is -2.41. The summed E-state index contributed by atoms with van der Waals surface area (Å²) < 4.78 is 0. The van der Waals surface area contributed by atoms with E-state index in [1.54, 1.807) is 11.2 Å². The summed E-state index contributed by atoms with van der Waals surface area (Å²) in [6, 6.07) is 11.2. The van der Waals surface area contributed by atoms with Crippen molar-refractivity contribution in [3.63, 3.8) is 0 Å². The number of anilines is 1. The van der Waals surface area contributed by atoms with Gasteiger partial charge in [0.1, 0.15) is 17.0 Å². The second kappa shape index (κ2) is 6.63. The van der Waals surface area contributed by atoms with Crippen LogP contribution in [0.5, 0.6) is 0 Å². The van der Waals surface area contributed by atoms with E-state index in [4.69, 9.17) is 4.98 Å². The number of fused-ring (bicyclic) bond motifs is 3. The van der Waals surface area contributed by atoms with Crippen molar-refractivity contribution in [1.82, 2.24) is 14.9 Å². The predicted molar refractivity (Wildman–Crippen MR) is 108 cm³/mol. The van der Waals surface area contributed by atoms with Crippen LogP contribution in [0.25, 0.3) is 10.2 Å². The van der Waals surface area contributed by atoms with Gasteiger partial charge in [0.15, 0.2) is 0 Å². The zero-order chi connectivity index (χ0) is 17.5. The van der Waals surface area contributed by atoms with E-state index >= 15 is 0 Å². The van der Waals surface area contributed by atoms with Gasteiger partial charge < -0.3 is 9.80 Å². The first kappa shape index (κ1) is 16.2. The molecule has 26 heavy (non-hydrogen) atoms. The van der Waals surface area contributed by atoms with E-state index < -0.39 is 0 Å². The normalized spacial score (nSPS) is 21.1. The molecule has 3 heterocycles. The number of nitrogens with zero attached hydrogens (tertiary/aromatic N) is 4. The number of aromatic nitrogens is 2. The van der Waals surface area contributed by atoms with Crippen molar-refractivity contribution in [2.24, 2.45) is 0 Å². The second-order valence-electron chi connectivity index (χ2n) is 7.47. The summed E-state index contributed by atoms with van der Waals surface area (Å²) in [5.41, 5.74) is 2.90. The summed E-state index contributed by atoms with van der Waals surface area (Å²) in [5.74, 6) is 1.15. The molecule has 0 saturated carbocycles. The van der Waals surface area contributed by atoms with Crippen molar-refractivity contribution < 1.29 is 0 Å². The highest BCUT2D eigenvalue weighted by Gasteiger charge is 2.30. The molecule has 4 nitrogen and oxygen atoms in total. The predicted octanol–water partition coefficient (Wildman–Crippen LogP) is 4.06. The van der Waals surface area contributed by atoms with Gasteiger partial charge in [-0.15, -0.1) is 11.3 Å². The first-order valence-corrected chi connectivity index (χ1v) is 10.4. The van der Waals surface area contributed by atoms with E-state index in [0.717, 1.165) is 25.5 Å². The average Bonchev–Trinajstić information content (AvgIpc) is 3.07. The smallest absolute Gasteiger partial charge is 0.141 e. The molecule has 134 valence electrons. The summed E-state index contributed by atoms with van der Waals surface area (Å²) in [7, 11) is 2.22. The zero-order valence-electron chi connectivity index (χ0n) is 15.2. The number of hydrogen-bond acceptors (Lipinski definition) is 5. The Balaban J connectivity index is 1.64. The molecule has 2 aliphatic rings. The molecule has 5 heteroatoms. The minimum absolute atomic E-state index is 0.340. The Morgan fingerprint density at radius 2 is 1.88 bits per heavy atom. The molecule has 1 saturated heterocycles. The van der Waals surface area contributed by atoms with Gasteiger partial charge in [-0.3, -0.25) is 0 Å². The lowest BCUT2D eigenvalue weighted by molar-refractivity contribution is 0.268. The molecule has 0 amide bonds. The SMILES string of the molecule is CN1CCN(c2ncnc3sc4c(c23)CCCC4)C(c2ccccc2)C1. The highest BCUT2D eigenvalue weighted by molar-refractivity contribution is 7.19. The van der Waals surface area contributed by atoms with Gasteiger partial charge in [-0.2, -0.15) is 0 Å². The van der Waals surface area contributed by atoms with Crippen molar-refractivity contribution in [2.45, 2.75) is 31.7 Å². The highest BCUT2D eigenvalue weighted by Crippen LogP contribution is 2.41. The molecule has 0 bridgehead atoms. The maximum absolute atomic E-state index is 4.81. The maximum atomic E-state index is 4.81. The van der Waals surface area contributed by atoms with Crippen LogP contribution in [0.2, 0.25) is 0 Å². The highest BCUT2D eigenvalue weighted by atomic mass is 32.1. The molecule has 0 spiro atoms.